The molecule has 0 unspecified atom stereocenters. The molecule has 1 aromatic heterocycles. The third kappa shape index (κ3) is 1.23. The van der Waals surface area contributed by atoms with Crippen molar-refractivity contribution in [3.05, 3.63) is 23.2 Å². The minimum Gasteiger partial charge on any atom is -0.506 e. The number of amides is 1. The quantitative estimate of drug-likeness (QED) is 0.713. The fourth-order valence-electron chi connectivity index (χ4n) is 1.04. The van der Waals surface area contributed by atoms with Gasteiger partial charge in [0.1, 0.15) is 11.3 Å². The number of para-hydroxylation sites is 1. The fraction of sp³-hybridized carbons (Fsp3) is 0. The molecule has 0 radical (unpaired) electrons. The molecular formula is C8H6N2O2S. The van der Waals surface area contributed by atoms with Crippen molar-refractivity contribution in [2.45, 2.75) is 0 Å². The van der Waals surface area contributed by atoms with Crippen molar-refractivity contribution in [2.24, 2.45) is 5.73 Å². The van der Waals surface area contributed by atoms with E-state index in [1.807, 2.05) is 0 Å². The second-order valence-electron chi connectivity index (χ2n) is 2.51. The number of aromatic hydroxyl groups is 1. The number of carbonyl (C=O) groups excluding carboxylic acids is 1. The number of hydrogen-bond donors (Lipinski definition) is 2. The Bertz CT molecular complexity index is 478. The number of nitrogens with zero attached hydrogens (tertiary/aromatic N) is 1. The standard InChI is InChI=1S/C8H6N2O2S/c9-7(12)8-10-6-4(11)2-1-3-5(6)13-8/h1-3,11H,(H2,9,12). The normalized spacial score (nSPS) is 10.5. The smallest absolute Gasteiger partial charge is 0.277 e. The van der Waals surface area contributed by atoms with E-state index in [0.29, 0.717) is 5.52 Å². The second-order valence-corrected chi connectivity index (χ2v) is 3.54. The Morgan fingerprint density at radius 1 is 1.54 bits per heavy atom. The molecule has 2 rings (SSSR count). The van der Waals surface area contributed by atoms with Gasteiger partial charge in [-0.3, -0.25) is 4.79 Å². The Kier molecular flexibility index (Phi) is 1.66. The molecule has 3 N–H and O–H groups in total. The number of benzene rings is 1. The van der Waals surface area contributed by atoms with Crippen LogP contribution in [0.5, 0.6) is 5.75 Å². The molecule has 0 spiro atoms. The zero-order valence-corrected chi connectivity index (χ0v) is 7.34. The van der Waals surface area contributed by atoms with E-state index in [1.54, 1.807) is 12.1 Å². The van der Waals surface area contributed by atoms with E-state index in [0.717, 1.165) is 4.70 Å². The number of carbonyl (C=O) groups is 1. The van der Waals surface area contributed by atoms with Crippen molar-refractivity contribution in [3.8, 4) is 5.75 Å². The molecule has 66 valence electrons. The number of hydrogen-bond acceptors (Lipinski definition) is 4. The summed E-state index contributed by atoms with van der Waals surface area (Å²) in [7, 11) is 0. The lowest BCUT2D eigenvalue weighted by molar-refractivity contribution is 0.1000. The minimum atomic E-state index is -0.569. The summed E-state index contributed by atoms with van der Waals surface area (Å²) < 4.78 is 0.758. The van der Waals surface area contributed by atoms with E-state index in [9.17, 15) is 9.90 Å². The lowest BCUT2D eigenvalue weighted by atomic mass is 10.3. The van der Waals surface area contributed by atoms with Gasteiger partial charge in [0, 0.05) is 0 Å². The Morgan fingerprint density at radius 2 is 2.31 bits per heavy atom. The number of nitrogens with two attached hydrogens (primary N) is 1. The summed E-state index contributed by atoms with van der Waals surface area (Å²) in [6.45, 7) is 0. The number of aromatic nitrogens is 1. The van der Waals surface area contributed by atoms with E-state index < -0.39 is 5.91 Å². The van der Waals surface area contributed by atoms with Crippen LogP contribution in [0.3, 0.4) is 0 Å². The largest absolute Gasteiger partial charge is 0.506 e. The predicted molar refractivity (Wildman–Crippen MR) is 49.8 cm³/mol. The van der Waals surface area contributed by atoms with Crippen molar-refractivity contribution in [2.75, 3.05) is 0 Å². The molecule has 5 heteroatoms. The molecular weight excluding hydrogens is 188 g/mol. The highest BCUT2D eigenvalue weighted by molar-refractivity contribution is 7.20. The first-order valence-electron chi connectivity index (χ1n) is 3.57. The minimum absolute atomic E-state index is 0.0706. The van der Waals surface area contributed by atoms with Gasteiger partial charge < -0.3 is 10.8 Å². The van der Waals surface area contributed by atoms with Crippen LogP contribution in [0.1, 0.15) is 9.80 Å². The third-order valence-electron chi connectivity index (χ3n) is 1.61. The lowest BCUT2D eigenvalue weighted by Gasteiger charge is -1.89. The highest BCUT2D eigenvalue weighted by Gasteiger charge is 2.10. The van der Waals surface area contributed by atoms with E-state index in [-0.39, 0.29) is 10.8 Å². The van der Waals surface area contributed by atoms with E-state index in [1.165, 1.54) is 17.4 Å². The Balaban J connectivity index is 2.75. The molecule has 1 amide bonds. The molecule has 0 fully saturated rings. The first kappa shape index (κ1) is 8.00. The molecule has 1 aromatic carbocycles. The molecule has 13 heavy (non-hydrogen) atoms. The van der Waals surface area contributed by atoms with E-state index in [2.05, 4.69) is 4.98 Å². The summed E-state index contributed by atoms with van der Waals surface area (Å²) in [5.41, 5.74) is 5.49. The molecule has 4 nitrogen and oxygen atoms in total. The number of thiazole rings is 1. The van der Waals surface area contributed by atoms with Gasteiger partial charge in [0.2, 0.25) is 0 Å². The summed E-state index contributed by atoms with van der Waals surface area (Å²) in [5, 5.41) is 9.58. The highest BCUT2D eigenvalue weighted by Crippen LogP contribution is 2.28. The van der Waals surface area contributed by atoms with Gasteiger partial charge in [-0.25, -0.2) is 4.98 Å². The topological polar surface area (TPSA) is 76.2 Å². The molecule has 0 saturated heterocycles. The maximum absolute atomic E-state index is 10.8. The predicted octanol–water partition coefficient (Wildman–Crippen LogP) is 1.10. The van der Waals surface area contributed by atoms with Crippen molar-refractivity contribution in [1.29, 1.82) is 0 Å². The van der Waals surface area contributed by atoms with Gasteiger partial charge in [-0.05, 0) is 12.1 Å². The van der Waals surface area contributed by atoms with Crippen LogP contribution in [-0.2, 0) is 0 Å². The van der Waals surface area contributed by atoms with Gasteiger partial charge in [0.05, 0.1) is 4.70 Å². The molecule has 0 aliphatic heterocycles. The van der Waals surface area contributed by atoms with Crippen molar-refractivity contribution >= 4 is 27.5 Å². The molecule has 0 aliphatic carbocycles. The lowest BCUT2D eigenvalue weighted by Crippen LogP contribution is -2.09. The molecule has 2 aromatic rings. The summed E-state index contributed by atoms with van der Waals surface area (Å²) in [4.78, 5) is 14.7. The number of rotatable bonds is 1. The number of phenols is 1. The van der Waals surface area contributed by atoms with Crippen LogP contribution in [-0.4, -0.2) is 16.0 Å². The Hall–Kier alpha value is -1.62. The van der Waals surface area contributed by atoms with E-state index in [4.69, 9.17) is 5.73 Å². The van der Waals surface area contributed by atoms with Crippen LogP contribution in [0.2, 0.25) is 0 Å². The second kappa shape index (κ2) is 2.70. The zero-order valence-electron chi connectivity index (χ0n) is 6.52. The van der Waals surface area contributed by atoms with Gasteiger partial charge in [-0.15, -0.1) is 11.3 Å². The maximum Gasteiger partial charge on any atom is 0.277 e. The number of phenolic OH excluding ortho intramolecular Hbond substituents is 1. The Morgan fingerprint density at radius 3 is 2.92 bits per heavy atom. The average Bonchev–Trinajstić information content (AvgIpc) is 2.49. The third-order valence-corrected chi connectivity index (χ3v) is 2.64. The first-order valence-corrected chi connectivity index (χ1v) is 4.38. The van der Waals surface area contributed by atoms with Crippen molar-refractivity contribution in [3.63, 3.8) is 0 Å². The van der Waals surface area contributed by atoms with Crippen LogP contribution in [0, 0.1) is 0 Å². The van der Waals surface area contributed by atoms with Gasteiger partial charge in [-0.2, -0.15) is 0 Å². The summed E-state index contributed by atoms with van der Waals surface area (Å²) >= 11 is 1.17. The van der Waals surface area contributed by atoms with Crippen LogP contribution in [0.15, 0.2) is 18.2 Å². The molecule has 0 saturated carbocycles. The van der Waals surface area contributed by atoms with Crippen molar-refractivity contribution in [1.82, 2.24) is 4.98 Å². The maximum atomic E-state index is 10.8. The Labute approximate surface area is 77.6 Å². The van der Waals surface area contributed by atoms with Crippen molar-refractivity contribution < 1.29 is 9.90 Å². The van der Waals surface area contributed by atoms with Gasteiger partial charge in [0.25, 0.3) is 5.91 Å². The zero-order chi connectivity index (χ0) is 9.42. The molecule has 0 aliphatic rings. The molecule has 1 heterocycles. The van der Waals surface area contributed by atoms with Crippen LogP contribution >= 0.6 is 11.3 Å². The fourth-order valence-corrected chi connectivity index (χ4v) is 1.88. The van der Waals surface area contributed by atoms with Crippen LogP contribution < -0.4 is 5.73 Å². The highest BCUT2D eigenvalue weighted by atomic mass is 32.1. The van der Waals surface area contributed by atoms with Gasteiger partial charge in [0.15, 0.2) is 5.01 Å². The monoisotopic (exact) mass is 194 g/mol. The van der Waals surface area contributed by atoms with Gasteiger partial charge in [-0.1, -0.05) is 6.07 Å². The molecule has 0 bridgehead atoms. The summed E-state index contributed by atoms with van der Waals surface area (Å²) in [6, 6.07) is 4.99. The van der Waals surface area contributed by atoms with Crippen LogP contribution in [0.25, 0.3) is 10.2 Å². The number of primary amides is 1. The average molecular weight is 194 g/mol. The van der Waals surface area contributed by atoms with E-state index >= 15 is 0 Å². The molecule has 0 atom stereocenters. The summed E-state index contributed by atoms with van der Waals surface area (Å²) in [6.07, 6.45) is 0. The number of fused-ring (bicyclic) bond motifs is 1. The summed E-state index contributed by atoms with van der Waals surface area (Å²) in [5.74, 6) is -0.498. The van der Waals surface area contributed by atoms with Crippen LogP contribution in [0.4, 0.5) is 0 Å². The first-order chi connectivity index (χ1) is 6.18. The SMILES string of the molecule is NC(=O)c1nc2c(O)cccc2s1. The van der Waals surface area contributed by atoms with Gasteiger partial charge >= 0.3 is 0 Å².